The average Bonchev–Trinajstić information content (AvgIpc) is 2.55. The molecular weight excluding hydrogens is 314 g/mol. The van der Waals surface area contributed by atoms with Gasteiger partial charge in [0, 0.05) is 12.3 Å². The molecule has 6 nitrogen and oxygen atoms in total. The van der Waals surface area contributed by atoms with Crippen molar-refractivity contribution in [1.29, 1.82) is 0 Å². The van der Waals surface area contributed by atoms with E-state index in [1.165, 1.54) is 16.7 Å². The Balaban J connectivity index is 2.29. The van der Waals surface area contributed by atoms with Crippen molar-refractivity contribution in [3.05, 3.63) is 0 Å². The van der Waals surface area contributed by atoms with E-state index < -0.39 is 17.5 Å². The average molecular weight is 341 g/mol. The highest BCUT2D eigenvalue weighted by Gasteiger charge is 2.51. The number of carbonyl (C=O) groups is 3. The molecule has 0 aromatic carbocycles. The molecule has 1 saturated carbocycles. The summed E-state index contributed by atoms with van der Waals surface area (Å²) in [6.07, 6.45) is 5.98. The third kappa shape index (κ3) is 3.82. The fourth-order valence-corrected chi connectivity index (χ4v) is 4.55. The highest BCUT2D eigenvalue weighted by Crippen LogP contribution is 2.38. The molecule has 130 valence electrons. The van der Waals surface area contributed by atoms with Gasteiger partial charge in [-0.2, -0.15) is 0 Å². The van der Waals surface area contributed by atoms with Gasteiger partial charge in [0.2, 0.25) is 17.7 Å². The maximum absolute atomic E-state index is 12.9. The minimum Gasteiger partial charge on any atom is -0.368 e. The lowest BCUT2D eigenvalue weighted by molar-refractivity contribution is -0.155. The van der Waals surface area contributed by atoms with Crippen molar-refractivity contribution in [2.45, 2.75) is 63.5 Å². The summed E-state index contributed by atoms with van der Waals surface area (Å²) in [6.45, 7) is 2.67. The lowest BCUT2D eigenvalue weighted by Crippen LogP contribution is -2.68. The molecule has 2 fully saturated rings. The number of nitrogens with one attached hydrogen (secondary N) is 1. The zero-order chi connectivity index (χ0) is 16.9. The van der Waals surface area contributed by atoms with Gasteiger partial charge in [-0.25, -0.2) is 0 Å². The molecule has 3 N–H and O–H groups in total. The number of hydrogen-bond donors (Lipinski definition) is 2. The predicted octanol–water partition coefficient (Wildman–Crippen LogP) is 1.03. The van der Waals surface area contributed by atoms with Crippen LogP contribution in [0.1, 0.15) is 51.9 Å². The second-order valence-corrected chi connectivity index (χ2v) is 7.43. The summed E-state index contributed by atoms with van der Waals surface area (Å²) < 4.78 is 0. The summed E-state index contributed by atoms with van der Waals surface area (Å²) in [5.74, 6) is 0.0188. The van der Waals surface area contributed by atoms with Gasteiger partial charge in [0.15, 0.2) is 0 Å². The smallest absolute Gasteiger partial charge is 0.246 e. The number of carbonyl (C=O) groups excluding carboxylic acids is 3. The molecule has 1 aliphatic heterocycles. The van der Waals surface area contributed by atoms with E-state index in [1.54, 1.807) is 0 Å². The van der Waals surface area contributed by atoms with Crippen LogP contribution in [0.25, 0.3) is 0 Å². The molecule has 1 atom stereocenters. The van der Waals surface area contributed by atoms with Crippen molar-refractivity contribution in [2.24, 2.45) is 5.73 Å². The van der Waals surface area contributed by atoms with Crippen LogP contribution in [0.15, 0.2) is 0 Å². The molecule has 3 amide bonds. The minimum atomic E-state index is -0.899. The Hall–Kier alpha value is -1.24. The Morgan fingerprint density at radius 1 is 1.35 bits per heavy atom. The van der Waals surface area contributed by atoms with Crippen molar-refractivity contribution in [3.8, 4) is 0 Å². The summed E-state index contributed by atoms with van der Waals surface area (Å²) in [4.78, 5) is 38.9. The Bertz CT molecular complexity index is 463. The van der Waals surface area contributed by atoms with Crippen LogP contribution in [0, 0.1) is 0 Å². The van der Waals surface area contributed by atoms with E-state index >= 15 is 0 Å². The molecule has 1 aliphatic carbocycles. The topological polar surface area (TPSA) is 92.5 Å². The maximum atomic E-state index is 12.9. The molecule has 7 heteroatoms. The predicted molar refractivity (Wildman–Crippen MR) is 90.9 cm³/mol. The van der Waals surface area contributed by atoms with Gasteiger partial charge in [-0.15, -0.1) is 11.8 Å². The molecular formula is C16H27N3O3S. The van der Waals surface area contributed by atoms with Crippen molar-refractivity contribution < 1.29 is 14.4 Å². The standard InChI is InChI=1S/C16H27N3O3S/c1-2-3-9-18-15(22)16(7-5-4-6-8-16)19-12(14(17)21)10-23-11-13(19)20/h12H,2-11H2,1H3,(H2,17,21)(H,18,22)/t12-/m0/s1. The first-order valence-corrected chi connectivity index (χ1v) is 9.66. The van der Waals surface area contributed by atoms with E-state index in [4.69, 9.17) is 5.73 Å². The summed E-state index contributed by atoms with van der Waals surface area (Å²) in [5, 5.41) is 2.98. The molecule has 1 heterocycles. The molecule has 2 rings (SSSR count). The van der Waals surface area contributed by atoms with Crippen LogP contribution in [0.2, 0.25) is 0 Å². The number of amides is 3. The van der Waals surface area contributed by atoms with E-state index in [0.29, 0.717) is 30.9 Å². The van der Waals surface area contributed by atoms with Crippen LogP contribution in [0.4, 0.5) is 0 Å². The van der Waals surface area contributed by atoms with E-state index in [0.717, 1.165) is 32.1 Å². The molecule has 23 heavy (non-hydrogen) atoms. The second-order valence-electron chi connectivity index (χ2n) is 6.40. The molecule has 0 aromatic rings. The Kier molecular flexibility index (Phi) is 6.33. The molecule has 0 bridgehead atoms. The summed E-state index contributed by atoms with van der Waals surface area (Å²) in [7, 11) is 0. The molecule has 2 aliphatic rings. The molecule has 1 saturated heterocycles. The molecule has 0 aromatic heterocycles. The Labute approximate surface area is 141 Å². The van der Waals surface area contributed by atoms with Crippen LogP contribution in [0.3, 0.4) is 0 Å². The quantitative estimate of drug-likeness (QED) is 0.706. The summed E-state index contributed by atoms with van der Waals surface area (Å²) >= 11 is 1.42. The fourth-order valence-electron chi connectivity index (χ4n) is 3.58. The molecule has 0 spiro atoms. The third-order valence-electron chi connectivity index (χ3n) is 4.79. The number of nitrogens with zero attached hydrogens (tertiary/aromatic N) is 1. The van der Waals surface area contributed by atoms with Crippen LogP contribution in [0.5, 0.6) is 0 Å². The van der Waals surface area contributed by atoms with Gasteiger partial charge in [-0.3, -0.25) is 14.4 Å². The van der Waals surface area contributed by atoms with E-state index in [9.17, 15) is 14.4 Å². The van der Waals surface area contributed by atoms with Crippen LogP contribution in [-0.2, 0) is 14.4 Å². The van der Waals surface area contributed by atoms with Gasteiger partial charge >= 0.3 is 0 Å². The van der Waals surface area contributed by atoms with Gasteiger partial charge in [0.25, 0.3) is 0 Å². The SMILES string of the molecule is CCCCNC(=O)C1(N2C(=O)CSC[C@H]2C(N)=O)CCCCC1. The highest BCUT2D eigenvalue weighted by atomic mass is 32.2. The first-order chi connectivity index (χ1) is 11.0. The largest absolute Gasteiger partial charge is 0.368 e. The molecule has 0 radical (unpaired) electrons. The number of rotatable bonds is 6. The van der Waals surface area contributed by atoms with Crippen LogP contribution >= 0.6 is 11.8 Å². The number of primary amides is 1. The first-order valence-electron chi connectivity index (χ1n) is 8.50. The summed E-state index contributed by atoms with van der Waals surface area (Å²) in [5.41, 5.74) is 4.63. The van der Waals surface area contributed by atoms with Crippen molar-refractivity contribution in [2.75, 3.05) is 18.1 Å². The van der Waals surface area contributed by atoms with E-state index in [1.807, 2.05) is 0 Å². The van der Waals surface area contributed by atoms with Crippen molar-refractivity contribution >= 4 is 29.5 Å². The Morgan fingerprint density at radius 2 is 2.04 bits per heavy atom. The van der Waals surface area contributed by atoms with E-state index in [2.05, 4.69) is 12.2 Å². The van der Waals surface area contributed by atoms with Gasteiger partial charge in [0.05, 0.1) is 5.75 Å². The monoisotopic (exact) mass is 341 g/mol. The highest BCUT2D eigenvalue weighted by molar-refractivity contribution is 8.00. The van der Waals surface area contributed by atoms with Gasteiger partial charge in [-0.1, -0.05) is 32.6 Å². The maximum Gasteiger partial charge on any atom is 0.246 e. The molecule has 0 unspecified atom stereocenters. The van der Waals surface area contributed by atoms with Gasteiger partial charge in [-0.05, 0) is 19.3 Å². The number of nitrogens with two attached hydrogens (primary N) is 1. The number of thioether (sulfide) groups is 1. The summed E-state index contributed by atoms with van der Waals surface area (Å²) in [6, 6.07) is -0.684. The van der Waals surface area contributed by atoms with Crippen LogP contribution in [-0.4, -0.2) is 52.3 Å². The Morgan fingerprint density at radius 3 is 2.65 bits per heavy atom. The third-order valence-corrected chi connectivity index (χ3v) is 5.79. The van der Waals surface area contributed by atoms with Crippen molar-refractivity contribution in [1.82, 2.24) is 10.2 Å². The lowest BCUT2D eigenvalue weighted by Gasteiger charge is -2.49. The number of unbranched alkanes of at least 4 members (excludes halogenated alkanes) is 1. The zero-order valence-corrected chi connectivity index (χ0v) is 14.6. The van der Waals surface area contributed by atoms with Gasteiger partial charge < -0.3 is 16.0 Å². The second kappa shape index (κ2) is 8.04. The zero-order valence-electron chi connectivity index (χ0n) is 13.8. The lowest BCUT2D eigenvalue weighted by atomic mass is 9.78. The van der Waals surface area contributed by atoms with Crippen LogP contribution < -0.4 is 11.1 Å². The minimum absolute atomic E-state index is 0.114. The van der Waals surface area contributed by atoms with Crippen molar-refractivity contribution in [3.63, 3.8) is 0 Å². The normalized spacial score (nSPS) is 24.3. The van der Waals surface area contributed by atoms with E-state index in [-0.39, 0.29) is 11.8 Å². The number of hydrogen-bond acceptors (Lipinski definition) is 4. The fraction of sp³-hybridized carbons (Fsp3) is 0.812. The first kappa shape index (κ1) is 18.1. The van der Waals surface area contributed by atoms with Gasteiger partial charge in [0.1, 0.15) is 11.6 Å².